The van der Waals surface area contributed by atoms with Crippen LogP contribution in [0.5, 0.6) is 0 Å². The van der Waals surface area contributed by atoms with Gasteiger partial charge in [0.1, 0.15) is 11.7 Å². The van der Waals surface area contributed by atoms with E-state index in [2.05, 4.69) is 62.1 Å². The minimum Gasteiger partial charge on any atom is -0.369 e. The number of anilines is 1. The summed E-state index contributed by atoms with van der Waals surface area (Å²) in [5.41, 5.74) is 1.24. The quantitative estimate of drug-likeness (QED) is 0.570. The molecule has 3 nitrogen and oxygen atoms in total. The molecule has 3 rings (SSSR count). The highest BCUT2D eigenvalue weighted by atomic mass is 79.9. The maximum atomic E-state index is 11.5. The molecule has 1 fully saturated rings. The van der Waals surface area contributed by atoms with Crippen molar-refractivity contribution >= 4 is 39.7 Å². The van der Waals surface area contributed by atoms with E-state index >= 15 is 0 Å². The summed E-state index contributed by atoms with van der Waals surface area (Å²) in [5.74, 6) is 0. The molecule has 0 radical (unpaired) electrons. The Morgan fingerprint density at radius 3 is 2.22 bits per heavy atom. The summed E-state index contributed by atoms with van der Waals surface area (Å²) in [4.78, 5) is 17.3. The molecule has 0 bridgehead atoms. The van der Waals surface area contributed by atoms with E-state index in [9.17, 15) is 4.79 Å². The summed E-state index contributed by atoms with van der Waals surface area (Å²) in [7, 11) is 0. The van der Waals surface area contributed by atoms with Gasteiger partial charge in [0.25, 0.3) is 0 Å². The van der Waals surface area contributed by atoms with Crippen molar-refractivity contribution in [3.05, 3.63) is 59.1 Å². The van der Waals surface area contributed by atoms with Crippen LogP contribution in [0.1, 0.15) is 0 Å². The molecule has 0 aliphatic carbocycles. The summed E-state index contributed by atoms with van der Waals surface area (Å²) in [6, 6.07) is 18.5. The van der Waals surface area contributed by atoms with Crippen molar-refractivity contribution in [3.63, 3.8) is 0 Å². The van der Waals surface area contributed by atoms with Gasteiger partial charge in [-0.1, -0.05) is 45.9 Å². The molecule has 1 aliphatic heterocycles. The second-order valence-electron chi connectivity index (χ2n) is 5.46. The zero-order valence-electron chi connectivity index (χ0n) is 12.8. The standard InChI is InChI=1S/C18H19BrN2OS/c19-15-6-8-16(9-7-15)20-10-12-21(13-11-20)18(14-22)23-17-4-2-1-3-5-17/h1-9,14,18H,10-13H2. The number of halogens is 1. The predicted octanol–water partition coefficient (Wildman–Crippen LogP) is 3.89. The molecule has 2 aromatic rings. The number of carbonyl (C=O) groups is 1. The third-order valence-electron chi connectivity index (χ3n) is 3.98. The van der Waals surface area contributed by atoms with Crippen molar-refractivity contribution in [2.24, 2.45) is 0 Å². The molecule has 23 heavy (non-hydrogen) atoms. The molecule has 2 aromatic carbocycles. The molecular formula is C18H19BrN2OS. The lowest BCUT2D eigenvalue weighted by molar-refractivity contribution is -0.109. The Morgan fingerprint density at radius 2 is 1.61 bits per heavy atom. The molecule has 1 unspecified atom stereocenters. The number of nitrogens with zero attached hydrogens (tertiary/aromatic N) is 2. The van der Waals surface area contributed by atoms with Crippen LogP contribution in [0, 0.1) is 0 Å². The molecule has 0 aromatic heterocycles. The van der Waals surface area contributed by atoms with Gasteiger partial charge in [-0.2, -0.15) is 0 Å². The van der Waals surface area contributed by atoms with Crippen LogP contribution in [0.2, 0.25) is 0 Å². The van der Waals surface area contributed by atoms with Gasteiger partial charge in [0.05, 0.1) is 0 Å². The summed E-state index contributed by atoms with van der Waals surface area (Å²) in [6.45, 7) is 3.70. The van der Waals surface area contributed by atoms with Crippen molar-refractivity contribution in [1.29, 1.82) is 0 Å². The highest BCUT2D eigenvalue weighted by Gasteiger charge is 2.24. The first-order valence-electron chi connectivity index (χ1n) is 7.68. The van der Waals surface area contributed by atoms with E-state index in [1.54, 1.807) is 11.8 Å². The average Bonchev–Trinajstić information content (AvgIpc) is 2.61. The SMILES string of the molecule is O=CC(Sc1ccccc1)N1CCN(c2ccc(Br)cc2)CC1. The molecule has 1 aliphatic rings. The highest BCUT2D eigenvalue weighted by Crippen LogP contribution is 2.26. The van der Waals surface area contributed by atoms with Crippen LogP contribution < -0.4 is 4.90 Å². The number of rotatable bonds is 5. The molecule has 120 valence electrons. The molecule has 0 N–H and O–H groups in total. The Bertz CT molecular complexity index is 627. The summed E-state index contributed by atoms with van der Waals surface area (Å²) in [6.07, 6.45) is 1.06. The maximum Gasteiger partial charge on any atom is 0.147 e. The smallest absolute Gasteiger partial charge is 0.147 e. The topological polar surface area (TPSA) is 23.6 Å². The van der Waals surface area contributed by atoms with Gasteiger partial charge < -0.3 is 9.69 Å². The molecule has 0 amide bonds. The van der Waals surface area contributed by atoms with Gasteiger partial charge >= 0.3 is 0 Å². The molecule has 0 spiro atoms. The van der Waals surface area contributed by atoms with Crippen molar-refractivity contribution in [3.8, 4) is 0 Å². The first-order valence-corrected chi connectivity index (χ1v) is 9.35. The Kier molecular flexibility index (Phi) is 5.75. The molecule has 0 saturated carbocycles. The van der Waals surface area contributed by atoms with E-state index < -0.39 is 0 Å². The normalized spacial score (nSPS) is 17.0. The average molecular weight is 391 g/mol. The highest BCUT2D eigenvalue weighted by molar-refractivity contribution is 9.10. The number of hydrogen-bond acceptors (Lipinski definition) is 4. The van der Waals surface area contributed by atoms with Crippen LogP contribution in [0.15, 0.2) is 64.0 Å². The van der Waals surface area contributed by atoms with E-state index in [-0.39, 0.29) is 5.37 Å². The van der Waals surface area contributed by atoms with Crippen LogP contribution in [0.4, 0.5) is 5.69 Å². The van der Waals surface area contributed by atoms with Crippen LogP contribution in [0.25, 0.3) is 0 Å². The van der Waals surface area contributed by atoms with Crippen molar-refractivity contribution in [2.45, 2.75) is 10.3 Å². The minimum atomic E-state index is -0.107. The number of thioether (sulfide) groups is 1. The molecule has 1 heterocycles. The Balaban J connectivity index is 1.58. The van der Waals surface area contributed by atoms with Gasteiger partial charge in [0.15, 0.2) is 0 Å². The molecule has 1 saturated heterocycles. The van der Waals surface area contributed by atoms with Crippen molar-refractivity contribution < 1.29 is 4.79 Å². The fourth-order valence-corrected chi connectivity index (χ4v) is 3.99. The van der Waals surface area contributed by atoms with Gasteiger partial charge in [0.2, 0.25) is 0 Å². The van der Waals surface area contributed by atoms with E-state index in [0.29, 0.717) is 0 Å². The number of benzene rings is 2. The first kappa shape index (κ1) is 16.6. The number of piperazine rings is 1. The largest absolute Gasteiger partial charge is 0.369 e. The Labute approximate surface area is 149 Å². The van der Waals surface area contributed by atoms with Gasteiger partial charge in [-0.15, -0.1) is 0 Å². The first-order chi connectivity index (χ1) is 11.3. The predicted molar refractivity (Wildman–Crippen MR) is 100 cm³/mol. The van der Waals surface area contributed by atoms with Gasteiger partial charge in [-0.3, -0.25) is 4.90 Å². The van der Waals surface area contributed by atoms with Crippen LogP contribution in [0.3, 0.4) is 0 Å². The molecular weight excluding hydrogens is 372 g/mol. The van der Waals surface area contributed by atoms with Crippen molar-refractivity contribution in [2.75, 3.05) is 31.1 Å². The number of hydrogen-bond donors (Lipinski definition) is 0. The molecule has 1 atom stereocenters. The fraction of sp³-hybridized carbons (Fsp3) is 0.278. The zero-order valence-corrected chi connectivity index (χ0v) is 15.2. The lowest BCUT2D eigenvalue weighted by Gasteiger charge is -2.38. The maximum absolute atomic E-state index is 11.5. The van der Waals surface area contributed by atoms with E-state index in [4.69, 9.17) is 0 Å². The monoisotopic (exact) mass is 390 g/mol. The third-order valence-corrected chi connectivity index (χ3v) is 5.71. The lowest BCUT2D eigenvalue weighted by Crippen LogP contribution is -2.50. The van der Waals surface area contributed by atoms with Crippen LogP contribution >= 0.6 is 27.7 Å². The number of aldehydes is 1. The Hall–Kier alpha value is -1.30. The zero-order chi connectivity index (χ0) is 16.1. The van der Waals surface area contributed by atoms with Crippen LogP contribution in [-0.4, -0.2) is 42.7 Å². The molecule has 5 heteroatoms. The summed E-state index contributed by atoms with van der Waals surface area (Å²) >= 11 is 5.10. The lowest BCUT2D eigenvalue weighted by atomic mass is 10.2. The second kappa shape index (κ2) is 7.99. The minimum absolute atomic E-state index is 0.107. The number of carbonyl (C=O) groups excluding carboxylic acids is 1. The van der Waals surface area contributed by atoms with Crippen LogP contribution in [-0.2, 0) is 4.79 Å². The van der Waals surface area contributed by atoms with Gasteiger partial charge in [-0.05, 0) is 36.4 Å². The van der Waals surface area contributed by atoms with E-state index in [1.165, 1.54) is 5.69 Å². The van der Waals surface area contributed by atoms with E-state index in [1.807, 2.05) is 18.2 Å². The Morgan fingerprint density at radius 1 is 0.957 bits per heavy atom. The summed E-state index contributed by atoms with van der Waals surface area (Å²) < 4.78 is 1.10. The summed E-state index contributed by atoms with van der Waals surface area (Å²) in [5, 5.41) is -0.107. The second-order valence-corrected chi connectivity index (χ2v) is 7.56. The van der Waals surface area contributed by atoms with E-state index in [0.717, 1.165) is 41.8 Å². The van der Waals surface area contributed by atoms with Gasteiger partial charge in [0, 0.05) is 41.2 Å². The van der Waals surface area contributed by atoms with Crippen molar-refractivity contribution in [1.82, 2.24) is 4.90 Å². The fourth-order valence-electron chi connectivity index (χ4n) is 2.71. The third kappa shape index (κ3) is 4.37. The van der Waals surface area contributed by atoms with Gasteiger partial charge in [-0.25, -0.2) is 0 Å².